The summed E-state index contributed by atoms with van der Waals surface area (Å²) in [5.74, 6) is -0.181. The van der Waals surface area contributed by atoms with Crippen LogP contribution in [0, 0.1) is 0 Å². The molecule has 68 valence electrons. The summed E-state index contributed by atoms with van der Waals surface area (Å²) in [6, 6.07) is 0. The van der Waals surface area contributed by atoms with Gasteiger partial charge in [0.2, 0.25) is 0 Å². The van der Waals surface area contributed by atoms with Crippen LogP contribution in [0.1, 0.15) is 34.1 Å². The molecule has 0 saturated carbocycles. The molecule has 0 heterocycles. The van der Waals surface area contributed by atoms with Crippen LogP contribution in [0.3, 0.4) is 0 Å². The maximum atomic E-state index is 10.5. The molecule has 0 radical (unpaired) electrons. The third-order valence-corrected chi connectivity index (χ3v) is 0.992. The first-order valence-electron chi connectivity index (χ1n) is 4.12. The summed E-state index contributed by atoms with van der Waals surface area (Å²) in [7, 11) is 1.73. The van der Waals surface area contributed by atoms with Crippen LogP contribution < -0.4 is 0 Å². The van der Waals surface area contributed by atoms with Gasteiger partial charge in [0.05, 0.1) is 0 Å². The SMILES string of the molecule is CC.CCC(=O)ON(C)CC. The van der Waals surface area contributed by atoms with E-state index >= 15 is 0 Å². The number of rotatable bonds is 3. The first-order valence-corrected chi connectivity index (χ1v) is 4.12. The van der Waals surface area contributed by atoms with E-state index in [0.29, 0.717) is 6.42 Å². The summed E-state index contributed by atoms with van der Waals surface area (Å²) < 4.78 is 0. The summed E-state index contributed by atoms with van der Waals surface area (Å²) >= 11 is 0. The van der Waals surface area contributed by atoms with Gasteiger partial charge in [-0.2, -0.15) is 0 Å². The van der Waals surface area contributed by atoms with Gasteiger partial charge in [-0.15, -0.1) is 5.06 Å². The zero-order chi connectivity index (χ0) is 9.28. The Morgan fingerprint density at radius 1 is 1.36 bits per heavy atom. The third-order valence-electron chi connectivity index (χ3n) is 0.992. The molecule has 0 aromatic heterocycles. The average Bonchev–Trinajstić information content (AvgIpc) is 2.07. The molecule has 0 unspecified atom stereocenters. The van der Waals surface area contributed by atoms with Crippen LogP contribution >= 0.6 is 0 Å². The minimum absolute atomic E-state index is 0.181. The van der Waals surface area contributed by atoms with Crippen molar-refractivity contribution in [1.29, 1.82) is 0 Å². The number of hydroxylamine groups is 2. The van der Waals surface area contributed by atoms with Crippen LogP contribution in [0.4, 0.5) is 0 Å². The number of hydrogen-bond donors (Lipinski definition) is 0. The van der Waals surface area contributed by atoms with E-state index in [-0.39, 0.29) is 5.97 Å². The Balaban J connectivity index is 0. The molecule has 0 aromatic carbocycles. The number of carbonyl (C=O) groups is 1. The van der Waals surface area contributed by atoms with Gasteiger partial charge in [-0.25, -0.2) is 0 Å². The van der Waals surface area contributed by atoms with E-state index in [1.165, 1.54) is 5.06 Å². The Hall–Kier alpha value is -0.570. The van der Waals surface area contributed by atoms with Crippen molar-refractivity contribution in [2.75, 3.05) is 13.6 Å². The summed E-state index contributed by atoms with van der Waals surface area (Å²) in [6.45, 7) is 8.42. The molecule has 0 aromatic rings. The molecule has 0 bridgehead atoms. The Morgan fingerprint density at radius 2 is 1.82 bits per heavy atom. The van der Waals surface area contributed by atoms with Gasteiger partial charge in [-0.05, 0) is 6.92 Å². The van der Waals surface area contributed by atoms with Crippen molar-refractivity contribution >= 4 is 5.97 Å². The molecule has 0 aliphatic rings. The molecule has 3 nitrogen and oxygen atoms in total. The molecule has 0 rings (SSSR count). The van der Waals surface area contributed by atoms with Crippen LogP contribution in [0.15, 0.2) is 0 Å². The molecule has 0 atom stereocenters. The summed E-state index contributed by atoms with van der Waals surface area (Å²) in [6.07, 6.45) is 0.435. The van der Waals surface area contributed by atoms with Gasteiger partial charge >= 0.3 is 5.97 Å². The van der Waals surface area contributed by atoms with Crippen molar-refractivity contribution in [2.24, 2.45) is 0 Å². The van der Waals surface area contributed by atoms with Crippen LogP contribution in [0.5, 0.6) is 0 Å². The fraction of sp³-hybridized carbons (Fsp3) is 0.875. The zero-order valence-electron chi connectivity index (χ0n) is 8.18. The lowest BCUT2D eigenvalue weighted by Crippen LogP contribution is -2.21. The van der Waals surface area contributed by atoms with Crippen LogP contribution in [-0.2, 0) is 9.63 Å². The maximum absolute atomic E-state index is 10.5. The number of nitrogens with zero attached hydrogens (tertiary/aromatic N) is 1. The minimum atomic E-state index is -0.181. The fourth-order valence-corrected chi connectivity index (χ4v) is 0.303. The number of hydrogen-bond acceptors (Lipinski definition) is 3. The van der Waals surface area contributed by atoms with E-state index in [4.69, 9.17) is 4.84 Å². The Bertz CT molecular complexity index is 94.1. The van der Waals surface area contributed by atoms with E-state index in [9.17, 15) is 4.79 Å². The lowest BCUT2D eigenvalue weighted by molar-refractivity contribution is -0.182. The van der Waals surface area contributed by atoms with E-state index in [2.05, 4.69) is 0 Å². The van der Waals surface area contributed by atoms with Crippen LogP contribution in [-0.4, -0.2) is 24.6 Å². The van der Waals surface area contributed by atoms with Gasteiger partial charge < -0.3 is 4.84 Å². The molecule has 0 aliphatic carbocycles. The minimum Gasteiger partial charge on any atom is -0.368 e. The molecule has 0 amide bonds. The van der Waals surface area contributed by atoms with E-state index in [1.54, 1.807) is 14.0 Å². The highest BCUT2D eigenvalue weighted by Gasteiger charge is 2.00. The van der Waals surface area contributed by atoms with Gasteiger partial charge in [0.1, 0.15) is 0 Å². The van der Waals surface area contributed by atoms with Crippen molar-refractivity contribution in [1.82, 2.24) is 5.06 Å². The highest BCUT2D eigenvalue weighted by molar-refractivity contribution is 5.68. The highest BCUT2D eigenvalue weighted by atomic mass is 16.7. The van der Waals surface area contributed by atoms with Crippen molar-refractivity contribution in [3.63, 3.8) is 0 Å². The Morgan fingerprint density at radius 3 is 2.09 bits per heavy atom. The normalized spacial score (nSPS) is 8.55. The first kappa shape index (κ1) is 13.1. The van der Waals surface area contributed by atoms with E-state index in [0.717, 1.165) is 6.54 Å². The van der Waals surface area contributed by atoms with Gasteiger partial charge in [0.25, 0.3) is 0 Å². The van der Waals surface area contributed by atoms with Gasteiger partial charge in [0.15, 0.2) is 0 Å². The van der Waals surface area contributed by atoms with Crippen LogP contribution in [0.25, 0.3) is 0 Å². The Labute approximate surface area is 69.3 Å². The molecule has 0 spiro atoms. The van der Waals surface area contributed by atoms with E-state index in [1.807, 2.05) is 20.8 Å². The molecular weight excluding hydrogens is 142 g/mol. The Kier molecular flexibility index (Phi) is 11.2. The van der Waals surface area contributed by atoms with Crippen LogP contribution in [0.2, 0.25) is 0 Å². The quantitative estimate of drug-likeness (QED) is 0.591. The molecule has 0 aliphatic heterocycles. The van der Waals surface area contributed by atoms with Crippen molar-refractivity contribution in [2.45, 2.75) is 34.1 Å². The predicted octanol–water partition coefficient (Wildman–Crippen LogP) is 1.83. The van der Waals surface area contributed by atoms with Gasteiger partial charge in [-0.1, -0.05) is 20.8 Å². The summed E-state index contributed by atoms with van der Waals surface area (Å²) in [4.78, 5) is 15.3. The van der Waals surface area contributed by atoms with Gasteiger partial charge in [-0.3, -0.25) is 4.79 Å². The zero-order valence-corrected chi connectivity index (χ0v) is 8.18. The second kappa shape index (κ2) is 9.43. The second-order valence-corrected chi connectivity index (χ2v) is 1.76. The maximum Gasteiger partial charge on any atom is 0.324 e. The smallest absolute Gasteiger partial charge is 0.324 e. The molecular formula is C8H19NO2. The van der Waals surface area contributed by atoms with Crippen molar-refractivity contribution in [3.8, 4) is 0 Å². The molecule has 11 heavy (non-hydrogen) atoms. The first-order chi connectivity index (χ1) is 5.20. The fourth-order valence-electron chi connectivity index (χ4n) is 0.303. The van der Waals surface area contributed by atoms with Crippen molar-refractivity contribution < 1.29 is 9.63 Å². The highest BCUT2D eigenvalue weighted by Crippen LogP contribution is 1.87. The molecule has 0 fully saturated rings. The lowest BCUT2D eigenvalue weighted by Gasteiger charge is -2.11. The second-order valence-electron chi connectivity index (χ2n) is 1.76. The monoisotopic (exact) mass is 161 g/mol. The van der Waals surface area contributed by atoms with Gasteiger partial charge in [0, 0.05) is 20.0 Å². The topological polar surface area (TPSA) is 29.5 Å². The van der Waals surface area contributed by atoms with E-state index < -0.39 is 0 Å². The third kappa shape index (κ3) is 9.43. The van der Waals surface area contributed by atoms with Crippen molar-refractivity contribution in [3.05, 3.63) is 0 Å². The summed E-state index contributed by atoms with van der Waals surface area (Å²) in [5.41, 5.74) is 0. The average molecular weight is 161 g/mol. The molecule has 3 heteroatoms. The predicted molar refractivity (Wildman–Crippen MR) is 46.0 cm³/mol. The largest absolute Gasteiger partial charge is 0.368 e. The standard InChI is InChI=1S/C6H13NO2.C2H6/c1-4-6(8)9-7(3)5-2;1-2/h4-5H2,1-3H3;1-2H3. The number of carbonyl (C=O) groups excluding carboxylic acids is 1. The molecule has 0 saturated heterocycles. The summed E-state index contributed by atoms with van der Waals surface area (Å²) in [5, 5.41) is 1.51. The molecule has 0 N–H and O–H groups in total. The lowest BCUT2D eigenvalue weighted by atomic mass is 10.5.